The van der Waals surface area contributed by atoms with E-state index in [0.717, 1.165) is 49.8 Å². The minimum atomic E-state index is -4.57. The van der Waals surface area contributed by atoms with Crippen molar-refractivity contribution in [2.24, 2.45) is 38.9 Å². The zero-order valence-electron chi connectivity index (χ0n) is 29.2. The molecule has 0 amide bonds. The number of hydrogen-bond acceptors (Lipinski definition) is 5. The zero-order valence-corrected chi connectivity index (χ0v) is 29.2. The highest BCUT2D eigenvalue weighted by Gasteiger charge is 2.63. The van der Waals surface area contributed by atoms with Gasteiger partial charge in [-0.2, -0.15) is 13.2 Å². The van der Waals surface area contributed by atoms with Crippen LogP contribution in [0.25, 0.3) is 0 Å². The molecule has 252 valence electrons. The van der Waals surface area contributed by atoms with E-state index in [2.05, 4.69) is 67.5 Å². The average molecular weight is 626 g/mol. The van der Waals surface area contributed by atoms with E-state index in [0.29, 0.717) is 31.6 Å². The first-order valence-corrected chi connectivity index (χ1v) is 16.6. The standard InChI is InChI=1S/C36H58F3NO4/c1-12-14-30(3,4)16-18-33(9,29(42)43-23-36(37,38)39)19-17-31(5,6)35(11)15-13-26-32(7,8)28-25(22-40-44-28)21-34(26,10)27(35)20-24(2)41/h22,26-27H,12-21,23H2,1-11H3/t26-,27+,33-,34-,35+/m0/s1. The van der Waals surface area contributed by atoms with E-state index in [4.69, 9.17) is 9.26 Å². The van der Waals surface area contributed by atoms with Crippen LogP contribution in [0, 0.1) is 38.9 Å². The average Bonchev–Trinajstić information content (AvgIpc) is 3.35. The van der Waals surface area contributed by atoms with E-state index in [1.807, 2.05) is 6.20 Å². The molecule has 0 radical (unpaired) electrons. The van der Waals surface area contributed by atoms with Gasteiger partial charge in [-0.3, -0.25) is 4.79 Å². The van der Waals surface area contributed by atoms with Crippen LogP contribution in [0.5, 0.6) is 0 Å². The van der Waals surface area contributed by atoms with Gasteiger partial charge in [-0.1, -0.05) is 73.9 Å². The van der Waals surface area contributed by atoms with E-state index in [1.54, 1.807) is 13.8 Å². The van der Waals surface area contributed by atoms with E-state index in [1.165, 1.54) is 0 Å². The maximum atomic E-state index is 13.4. The van der Waals surface area contributed by atoms with Gasteiger partial charge >= 0.3 is 12.1 Å². The Hall–Kier alpha value is -1.86. The van der Waals surface area contributed by atoms with Crippen LogP contribution in [-0.4, -0.2) is 29.7 Å². The predicted molar refractivity (Wildman–Crippen MR) is 167 cm³/mol. The lowest BCUT2D eigenvalue weighted by Crippen LogP contribution is -2.60. The maximum absolute atomic E-state index is 13.4. The Morgan fingerprint density at radius 1 is 1.00 bits per heavy atom. The van der Waals surface area contributed by atoms with Gasteiger partial charge in [0.2, 0.25) is 0 Å². The Bertz CT molecular complexity index is 1180. The molecule has 3 rings (SSSR count). The number of Topliss-reactive ketones (excluding diaryl/α,β-unsaturated/α-hetero) is 1. The quantitative estimate of drug-likeness (QED) is 0.204. The van der Waals surface area contributed by atoms with Crippen molar-refractivity contribution < 1.29 is 32.0 Å². The number of carbonyl (C=O) groups excluding carboxylic acids is 2. The normalized spacial score (nSPS) is 28.5. The number of esters is 1. The van der Waals surface area contributed by atoms with Gasteiger partial charge in [0.05, 0.1) is 11.6 Å². The largest absolute Gasteiger partial charge is 0.456 e. The van der Waals surface area contributed by atoms with E-state index in [-0.39, 0.29) is 38.8 Å². The van der Waals surface area contributed by atoms with Crippen molar-refractivity contribution >= 4 is 11.8 Å². The predicted octanol–water partition coefficient (Wildman–Crippen LogP) is 10.1. The van der Waals surface area contributed by atoms with Gasteiger partial charge in [-0.25, -0.2) is 0 Å². The Labute approximate surface area is 263 Å². The summed E-state index contributed by atoms with van der Waals surface area (Å²) in [5.41, 5.74) is -0.958. The molecule has 0 aromatic carbocycles. The molecule has 5 atom stereocenters. The third-order valence-electron chi connectivity index (χ3n) is 12.5. The van der Waals surface area contributed by atoms with Crippen LogP contribution >= 0.6 is 0 Å². The number of carbonyl (C=O) groups is 2. The van der Waals surface area contributed by atoms with Crippen molar-refractivity contribution in [3.05, 3.63) is 17.5 Å². The molecule has 2 aliphatic rings. The lowest BCUT2D eigenvalue weighted by atomic mass is 9.39. The summed E-state index contributed by atoms with van der Waals surface area (Å²) in [6.45, 7) is 21.9. The van der Waals surface area contributed by atoms with Crippen molar-refractivity contribution in [3.63, 3.8) is 0 Å². The smallest absolute Gasteiger partial charge is 0.422 e. The maximum Gasteiger partial charge on any atom is 0.422 e. The monoisotopic (exact) mass is 625 g/mol. The first-order chi connectivity index (χ1) is 19.9. The Morgan fingerprint density at radius 3 is 2.18 bits per heavy atom. The summed E-state index contributed by atoms with van der Waals surface area (Å²) in [4.78, 5) is 26.3. The van der Waals surface area contributed by atoms with Crippen LogP contribution < -0.4 is 0 Å². The second kappa shape index (κ2) is 12.4. The van der Waals surface area contributed by atoms with Crippen molar-refractivity contribution in [1.82, 2.24) is 5.16 Å². The van der Waals surface area contributed by atoms with E-state index >= 15 is 0 Å². The third-order valence-corrected chi connectivity index (χ3v) is 12.5. The molecule has 0 N–H and O–H groups in total. The second-order valence-corrected chi connectivity index (χ2v) is 17.1. The van der Waals surface area contributed by atoms with Gasteiger partial charge in [-0.15, -0.1) is 0 Å². The summed E-state index contributed by atoms with van der Waals surface area (Å²) < 4.78 is 49.9. The summed E-state index contributed by atoms with van der Waals surface area (Å²) in [6.07, 6.45) is 4.59. The molecule has 0 aliphatic heterocycles. The first-order valence-electron chi connectivity index (χ1n) is 16.6. The minimum Gasteiger partial charge on any atom is -0.456 e. The number of hydrogen-bond donors (Lipinski definition) is 0. The van der Waals surface area contributed by atoms with E-state index < -0.39 is 24.2 Å². The van der Waals surface area contributed by atoms with Crippen molar-refractivity contribution in [2.45, 2.75) is 152 Å². The van der Waals surface area contributed by atoms with Crippen molar-refractivity contribution in [2.75, 3.05) is 6.61 Å². The van der Waals surface area contributed by atoms with Crippen LogP contribution in [0.15, 0.2) is 10.7 Å². The fraction of sp³-hybridized carbons (Fsp3) is 0.861. The number of alkyl halides is 3. The molecular weight excluding hydrogens is 567 g/mol. The minimum absolute atomic E-state index is 0.0318. The molecule has 1 saturated carbocycles. The second-order valence-electron chi connectivity index (χ2n) is 17.1. The van der Waals surface area contributed by atoms with Gasteiger partial charge in [0, 0.05) is 17.4 Å². The Kier molecular flexibility index (Phi) is 10.3. The number of ether oxygens (including phenoxy) is 1. The molecular formula is C36H58F3NO4. The molecule has 1 heterocycles. The third kappa shape index (κ3) is 7.24. The van der Waals surface area contributed by atoms with Crippen LogP contribution in [0.2, 0.25) is 0 Å². The Balaban J connectivity index is 1.96. The number of rotatable bonds is 13. The number of aromatic nitrogens is 1. The summed E-state index contributed by atoms with van der Waals surface area (Å²) in [6, 6.07) is 0. The van der Waals surface area contributed by atoms with Gasteiger partial charge in [0.1, 0.15) is 11.5 Å². The van der Waals surface area contributed by atoms with Gasteiger partial charge < -0.3 is 14.1 Å². The molecule has 5 nitrogen and oxygen atoms in total. The number of fused-ring (bicyclic) bond motifs is 2. The van der Waals surface area contributed by atoms with Crippen molar-refractivity contribution in [3.8, 4) is 0 Å². The molecule has 0 bridgehead atoms. The van der Waals surface area contributed by atoms with Crippen LogP contribution in [0.4, 0.5) is 13.2 Å². The topological polar surface area (TPSA) is 69.4 Å². The molecule has 44 heavy (non-hydrogen) atoms. The summed E-state index contributed by atoms with van der Waals surface area (Å²) in [7, 11) is 0. The number of ketones is 1. The van der Waals surface area contributed by atoms with E-state index in [9.17, 15) is 22.8 Å². The van der Waals surface area contributed by atoms with Crippen LogP contribution in [0.3, 0.4) is 0 Å². The molecule has 8 heteroatoms. The fourth-order valence-electron chi connectivity index (χ4n) is 9.33. The summed E-state index contributed by atoms with van der Waals surface area (Å²) >= 11 is 0. The van der Waals surface area contributed by atoms with Crippen LogP contribution in [0.1, 0.15) is 145 Å². The van der Waals surface area contributed by atoms with Gasteiger partial charge in [-0.05, 0) is 98.7 Å². The molecule has 1 aromatic heterocycles. The highest BCUT2D eigenvalue weighted by atomic mass is 19.4. The number of nitrogens with zero attached hydrogens (tertiary/aromatic N) is 1. The zero-order chi connectivity index (χ0) is 33.6. The SMILES string of the molecule is CCCC(C)(C)CC[C@@](C)(CCC(C)(C)[C@]1(C)CC[C@H]2C(C)(C)c3oncc3C[C@]2(C)[C@H]1CC(C)=O)C(=O)OCC(F)(F)F. The molecule has 0 saturated heterocycles. The molecule has 1 fully saturated rings. The fourth-order valence-corrected chi connectivity index (χ4v) is 9.33. The summed E-state index contributed by atoms with van der Waals surface area (Å²) in [5, 5.41) is 4.15. The number of halogens is 3. The molecule has 0 spiro atoms. The molecule has 0 unspecified atom stereocenters. The Morgan fingerprint density at radius 2 is 1.61 bits per heavy atom. The highest BCUT2D eigenvalue weighted by molar-refractivity contribution is 5.76. The molecule has 2 aliphatic carbocycles. The van der Waals surface area contributed by atoms with Gasteiger partial charge in [0.15, 0.2) is 6.61 Å². The summed E-state index contributed by atoms with van der Waals surface area (Å²) in [5.74, 6) is 0.700. The lowest BCUT2D eigenvalue weighted by molar-refractivity contribution is -0.194. The van der Waals surface area contributed by atoms with Crippen LogP contribution in [-0.2, 0) is 26.2 Å². The van der Waals surface area contributed by atoms with Gasteiger partial charge in [0.25, 0.3) is 0 Å². The lowest BCUT2D eigenvalue weighted by Gasteiger charge is -2.65. The van der Waals surface area contributed by atoms with Crippen molar-refractivity contribution in [1.29, 1.82) is 0 Å². The first kappa shape index (κ1) is 36.6. The molecule has 1 aromatic rings. The highest BCUT2D eigenvalue weighted by Crippen LogP contribution is 2.68.